The lowest BCUT2D eigenvalue weighted by atomic mass is 10.2. The SMILES string of the molecule is CC.CC.CC(=O)NC(CNCCN(C)C)C(N)=O. The van der Waals surface area contributed by atoms with Gasteiger partial charge in [0.2, 0.25) is 11.8 Å². The maximum Gasteiger partial charge on any atom is 0.241 e. The lowest BCUT2D eigenvalue weighted by Crippen LogP contribution is -2.50. The lowest BCUT2D eigenvalue weighted by Gasteiger charge is -2.16. The molecule has 4 N–H and O–H groups in total. The van der Waals surface area contributed by atoms with Crippen LogP contribution in [0.3, 0.4) is 0 Å². The van der Waals surface area contributed by atoms with E-state index in [0.717, 1.165) is 13.1 Å². The van der Waals surface area contributed by atoms with Gasteiger partial charge in [-0.15, -0.1) is 0 Å². The first kappa shape index (κ1) is 23.0. The van der Waals surface area contributed by atoms with Crippen molar-refractivity contribution >= 4 is 11.8 Å². The van der Waals surface area contributed by atoms with Gasteiger partial charge in [-0.3, -0.25) is 9.59 Å². The summed E-state index contributed by atoms with van der Waals surface area (Å²) >= 11 is 0. The van der Waals surface area contributed by atoms with Crippen LogP contribution in [0.5, 0.6) is 0 Å². The molecule has 6 nitrogen and oxygen atoms in total. The number of rotatable bonds is 7. The highest BCUT2D eigenvalue weighted by atomic mass is 16.2. The number of nitrogens with zero attached hydrogens (tertiary/aromatic N) is 1. The Bertz CT molecular complexity index is 221. The quantitative estimate of drug-likeness (QED) is 0.579. The molecule has 0 aromatic heterocycles. The summed E-state index contributed by atoms with van der Waals surface area (Å²) in [4.78, 5) is 23.7. The molecule has 0 heterocycles. The van der Waals surface area contributed by atoms with E-state index in [-0.39, 0.29) is 5.91 Å². The highest BCUT2D eigenvalue weighted by molar-refractivity contribution is 5.85. The van der Waals surface area contributed by atoms with Crippen LogP contribution < -0.4 is 16.4 Å². The summed E-state index contributed by atoms with van der Waals surface area (Å²) < 4.78 is 0. The molecule has 0 aliphatic heterocycles. The van der Waals surface area contributed by atoms with E-state index in [9.17, 15) is 9.59 Å². The molecule has 0 aliphatic carbocycles. The van der Waals surface area contributed by atoms with E-state index in [2.05, 4.69) is 10.6 Å². The Morgan fingerprint density at radius 1 is 1.16 bits per heavy atom. The van der Waals surface area contributed by atoms with Crippen molar-refractivity contribution in [1.29, 1.82) is 0 Å². The highest BCUT2D eigenvalue weighted by Gasteiger charge is 2.14. The van der Waals surface area contributed by atoms with E-state index in [1.54, 1.807) is 0 Å². The third-order valence-corrected chi connectivity index (χ3v) is 1.81. The number of likely N-dealkylation sites (N-methyl/N-ethyl adjacent to an activating group) is 1. The minimum atomic E-state index is -0.635. The smallest absolute Gasteiger partial charge is 0.241 e. The summed E-state index contributed by atoms with van der Waals surface area (Å²) in [7, 11) is 3.92. The van der Waals surface area contributed by atoms with Gasteiger partial charge in [0.1, 0.15) is 6.04 Å². The van der Waals surface area contributed by atoms with Crippen LogP contribution in [-0.2, 0) is 9.59 Å². The van der Waals surface area contributed by atoms with Gasteiger partial charge in [-0.05, 0) is 14.1 Å². The van der Waals surface area contributed by atoms with E-state index in [1.165, 1.54) is 6.92 Å². The van der Waals surface area contributed by atoms with Crippen molar-refractivity contribution in [3.8, 4) is 0 Å². The fraction of sp³-hybridized carbons (Fsp3) is 0.846. The van der Waals surface area contributed by atoms with Crippen molar-refractivity contribution in [3.63, 3.8) is 0 Å². The summed E-state index contributed by atoms with van der Waals surface area (Å²) in [5.74, 6) is -0.782. The minimum absolute atomic E-state index is 0.256. The van der Waals surface area contributed by atoms with E-state index in [1.807, 2.05) is 46.7 Å². The second kappa shape index (κ2) is 16.9. The summed E-state index contributed by atoms with van der Waals surface area (Å²) in [5, 5.41) is 5.52. The molecule has 6 heteroatoms. The Morgan fingerprint density at radius 3 is 1.95 bits per heavy atom. The van der Waals surface area contributed by atoms with Gasteiger partial charge in [-0.2, -0.15) is 0 Å². The van der Waals surface area contributed by atoms with Crippen molar-refractivity contribution in [3.05, 3.63) is 0 Å². The van der Waals surface area contributed by atoms with Crippen LogP contribution in [0.1, 0.15) is 34.6 Å². The van der Waals surface area contributed by atoms with Crippen LogP contribution in [0, 0.1) is 0 Å². The van der Waals surface area contributed by atoms with Gasteiger partial charge in [0.15, 0.2) is 0 Å². The first-order valence-corrected chi connectivity index (χ1v) is 6.85. The number of hydrogen-bond donors (Lipinski definition) is 3. The number of nitrogens with two attached hydrogens (primary N) is 1. The molecule has 1 atom stereocenters. The van der Waals surface area contributed by atoms with E-state index in [0.29, 0.717) is 6.54 Å². The summed E-state index contributed by atoms with van der Waals surface area (Å²) in [6.45, 7) is 11.3. The maximum atomic E-state index is 10.9. The number of hydrogen-bond acceptors (Lipinski definition) is 4. The standard InChI is InChI=1S/C9H20N4O2.2C2H6/c1-7(14)12-8(9(10)15)6-11-4-5-13(2)3;2*1-2/h8,11H,4-6H2,1-3H3,(H2,10,15)(H,12,14);2*1-2H3. The monoisotopic (exact) mass is 276 g/mol. The van der Waals surface area contributed by atoms with Crippen LogP contribution in [0.25, 0.3) is 0 Å². The Balaban J connectivity index is -0.000000579. The summed E-state index contributed by atoms with van der Waals surface area (Å²) in [6.07, 6.45) is 0. The predicted octanol–water partition coefficient (Wildman–Crippen LogP) is 0.180. The van der Waals surface area contributed by atoms with E-state index < -0.39 is 11.9 Å². The third kappa shape index (κ3) is 19.4. The van der Waals surface area contributed by atoms with Crippen LogP contribution in [0.2, 0.25) is 0 Å². The second-order valence-electron chi connectivity index (χ2n) is 3.66. The number of nitrogens with one attached hydrogen (secondary N) is 2. The molecule has 0 bridgehead atoms. The zero-order valence-electron chi connectivity index (χ0n) is 13.5. The van der Waals surface area contributed by atoms with Gasteiger partial charge in [-0.25, -0.2) is 0 Å². The first-order chi connectivity index (χ1) is 8.93. The van der Waals surface area contributed by atoms with Crippen LogP contribution in [0.4, 0.5) is 0 Å². The zero-order chi connectivity index (χ0) is 15.8. The molecule has 0 saturated carbocycles. The van der Waals surface area contributed by atoms with Gasteiger partial charge in [0.05, 0.1) is 0 Å². The average molecular weight is 276 g/mol. The first-order valence-electron chi connectivity index (χ1n) is 6.85. The molecular weight excluding hydrogens is 244 g/mol. The van der Waals surface area contributed by atoms with Gasteiger partial charge >= 0.3 is 0 Å². The number of carbonyl (C=O) groups is 2. The zero-order valence-corrected chi connectivity index (χ0v) is 13.5. The molecule has 0 aromatic carbocycles. The molecule has 0 fully saturated rings. The molecule has 0 radical (unpaired) electrons. The Labute approximate surface area is 118 Å². The van der Waals surface area contributed by atoms with Crippen molar-refractivity contribution in [2.75, 3.05) is 33.7 Å². The average Bonchev–Trinajstić information content (AvgIpc) is 2.37. The molecule has 1 unspecified atom stereocenters. The van der Waals surface area contributed by atoms with Gasteiger partial charge in [0, 0.05) is 26.6 Å². The summed E-state index contributed by atoms with van der Waals surface area (Å²) in [6, 6.07) is -0.635. The molecule has 2 amide bonds. The molecule has 0 rings (SSSR count). The Kier molecular flexibility index (Phi) is 20.4. The Morgan fingerprint density at radius 2 is 1.63 bits per heavy atom. The highest BCUT2D eigenvalue weighted by Crippen LogP contribution is 1.81. The molecular formula is C13H32N4O2. The van der Waals surface area contributed by atoms with Gasteiger partial charge in [-0.1, -0.05) is 27.7 Å². The number of primary amides is 1. The van der Waals surface area contributed by atoms with E-state index in [4.69, 9.17) is 5.73 Å². The van der Waals surface area contributed by atoms with Crippen molar-refractivity contribution in [1.82, 2.24) is 15.5 Å². The number of amides is 2. The number of carbonyl (C=O) groups excluding carboxylic acids is 2. The van der Waals surface area contributed by atoms with Crippen molar-refractivity contribution in [2.45, 2.75) is 40.7 Å². The molecule has 0 aromatic rings. The fourth-order valence-electron chi connectivity index (χ4n) is 1.02. The molecule has 0 saturated heterocycles. The normalized spacial score (nSPS) is 10.5. The Hall–Kier alpha value is -1.14. The maximum absolute atomic E-state index is 10.9. The van der Waals surface area contributed by atoms with Crippen molar-refractivity contribution in [2.24, 2.45) is 5.73 Å². The van der Waals surface area contributed by atoms with Crippen LogP contribution in [0.15, 0.2) is 0 Å². The topological polar surface area (TPSA) is 87.5 Å². The fourth-order valence-corrected chi connectivity index (χ4v) is 1.02. The molecule has 0 aliphatic rings. The van der Waals surface area contributed by atoms with E-state index >= 15 is 0 Å². The third-order valence-electron chi connectivity index (χ3n) is 1.81. The molecule has 116 valence electrons. The molecule has 0 spiro atoms. The van der Waals surface area contributed by atoms with Crippen molar-refractivity contribution < 1.29 is 9.59 Å². The lowest BCUT2D eigenvalue weighted by molar-refractivity contribution is -0.126. The second-order valence-corrected chi connectivity index (χ2v) is 3.66. The van der Waals surface area contributed by atoms with Gasteiger partial charge in [0.25, 0.3) is 0 Å². The minimum Gasteiger partial charge on any atom is -0.368 e. The largest absolute Gasteiger partial charge is 0.368 e. The summed E-state index contributed by atoms with van der Waals surface area (Å²) in [5.41, 5.74) is 5.12. The van der Waals surface area contributed by atoms with Crippen LogP contribution in [-0.4, -0.2) is 56.5 Å². The molecule has 19 heavy (non-hydrogen) atoms. The predicted molar refractivity (Wildman–Crippen MR) is 80.9 cm³/mol. The van der Waals surface area contributed by atoms with Gasteiger partial charge < -0.3 is 21.3 Å². The van der Waals surface area contributed by atoms with Crippen LogP contribution >= 0.6 is 0 Å².